The molecule has 0 unspecified atom stereocenters. The molecule has 0 aliphatic heterocycles. The van der Waals surface area contributed by atoms with Gasteiger partial charge in [-0.1, -0.05) is 18.2 Å². The summed E-state index contributed by atoms with van der Waals surface area (Å²) in [5, 5.41) is 10.7. The molecule has 0 saturated heterocycles. The lowest BCUT2D eigenvalue weighted by Gasteiger charge is -2.11. The Labute approximate surface area is 129 Å². The van der Waals surface area contributed by atoms with E-state index in [0.717, 1.165) is 6.07 Å². The fourth-order valence-corrected chi connectivity index (χ4v) is 2.83. The third kappa shape index (κ3) is 3.48. The molecule has 0 spiro atoms. The molecule has 0 aliphatic rings. The molecular formula is C15H13F3O3S. The van der Waals surface area contributed by atoms with Gasteiger partial charge in [-0.2, -0.15) is 13.2 Å². The Bertz CT molecular complexity index is 677. The van der Waals surface area contributed by atoms with Crippen molar-refractivity contribution in [2.75, 3.05) is 6.61 Å². The number of carboxylic acids is 1. The van der Waals surface area contributed by atoms with Crippen molar-refractivity contribution in [2.45, 2.75) is 19.7 Å². The van der Waals surface area contributed by atoms with Gasteiger partial charge in [-0.3, -0.25) is 0 Å². The van der Waals surface area contributed by atoms with E-state index in [1.54, 1.807) is 19.1 Å². The molecule has 7 heteroatoms. The van der Waals surface area contributed by atoms with E-state index in [1.807, 2.05) is 0 Å². The molecule has 2 rings (SSSR count). The van der Waals surface area contributed by atoms with Crippen LogP contribution in [0, 0.1) is 0 Å². The molecule has 1 heterocycles. The number of ether oxygens (including phenoxy) is 1. The predicted molar refractivity (Wildman–Crippen MR) is 77.0 cm³/mol. The number of alkyl halides is 3. The van der Waals surface area contributed by atoms with Gasteiger partial charge < -0.3 is 9.84 Å². The summed E-state index contributed by atoms with van der Waals surface area (Å²) < 4.78 is 43.3. The first-order chi connectivity index (χ1) is 10.3. The summed E-state index contributed by atoms with van der Waals surface area (Å²) in [5.74, 6) is -1.19. The molecule has 0 atom stereocenters. The Morgan fingerprint density at radius 2 is 2.09 bits per heavy atom. The van der Waals surface area contributed by atoms with Crippen molar-refractivity contribution in [3.8, 4) is 11.1 Å². The number of aromatic carboxylic acids is 1. The topological polar surface area (TPSA) is 46.5 Å². The standard InChI is InChI=1S/C15H13F3O3S/c1-2-21-7-9-4-3-5-11(13(9)14(19)20)10-6-12(22-8-10)15(16,17)18/h3-6,8H,2,7H2,1H3,(H,19,20). The minimum Gasteiger partial charge on any atom is -0.478 e. The number of thiophene rings is 1. The lowest BCUT2D eigenvalue weighted by molar-refractivity contribution is -0.134. The van der Waals surface area contributed by atoms with Crippen LogP contribution in [0.5, 0.6) is 0 Å². The van der Waals surface area contributed by atoms with E-state index in [0.29, 0.717) is 23.5 Å². The number of carboxylic acid groups (broad SMARTS) is 1. The second-order valence-electron chi connectivity index (χ2n) is 4.48. The van der Waals surface area contributed by atoms with Crippen LogP contribution >= 0.6 is 11.3 Å². The van der Waals surface area contributed by atoms with E-state index in [1.165, 1.54) is 11.4 Å². The summed E-state index contributed by atoms with van der Waals surface area (Å²) in [7, 11) is 0. The minimum atomic E-state index is -4.44. The molecule has 1 aromatic heterocycles. The lowest BCUT2D eigenvalue weighted by Crippen LogP contribution is -2.06. The highest BCUT2D eigenvalue weighted by Gasteiger charge is 2.33. The number of halogens is 3. The molecule has 0 amide bonds. The molecule has 3 nitrogen and oxygen atoms in total. The van der Waals surface area contributed by atoms with Crippen molar-refractivity contribution in [3.63, 3.8) is 0 Å². The van der Waals surface area contributed by atoms with Crippen LogP contribution in [0.3, 0.4) is 0 Å². The first-order valence-electron chi connectivity index (χ1n) is 6.43. The average molecular weight is 330 g/mol. The van der Waals surface area contributed by atoms with Gasteiger partial charge in [0.25, 0.3) is 0 Å². The van der Waals surface area contributed by atoms with Gasteiger partial charge >= 0.3 is 12.1 Å². The molecule has 1 aromatic carbocycles. The number of hydrogen-bond acceptors (Lipinski definition) is 3. The molecule has 2 aromatic rings. The SMILES string of the molecule is CCOCc1cccc(-c2csc(C(F)(F)F)c2)c1C(=O)O. The third-order valence-electron chi connectivity index (χ3n) is 3.02. The summed E-state index contributed by atoms with van der Waals surface area (Å²) in [4.78, 5) is 10.8. The van der Waals surface area contributed by atoms with Gasteiger partial charge in [0.1, 0.15) is 4.88 Å². The van der Waals surface area contributed by atoms with Gasteiger partial charge in [0, 0.05) is 6.61 Å². The number of hydrogen-bond donors (Lipinski definition) is 1. The predicted octanol–water partition coefficient (Wildman–Crippen LogP) is 4.67. The van der Waals surface area contributed by atoms with Crippen LogP contribution in [-0.4, -0.2) is 17.7 Å². The van der Waals surface area contributed by atoms with E-state index in [2.05, 4.69) is 0 Å². The van der Waals surface area contributed by atoms with Crippen LogP contribution < -0.4 is 0 Å². The fraction of sp³-hybridized carbons (Fsp3) is 0.267. The normalized spacial score (nSPS) is 11.6. The van der Waals surface area contributed by atoms with Crippen LogP contribution in [0.4, 0.5) is 13.2 Å². The zero-order valence-electron chi connectivity index (χ0n) is 11.6. The van der Waals surface area contributed by atoms with Gasteiger partial charge in [-0.25, -0.2) is 4.79 Å². The maximum Gasteiger partial charge on any atom is 0.425 e. The summed E-state index contributed by atoms with van der Waals surface area (Å²) in [6.45, 7) is 2.29. The first-order valence-corrected chi connectivity index (χ1v) is 7.31. The molecule has 0 fully saturated rings. The summed E-state index contributed by atoms with van der Waals surface area (Å²) >= 11 is 0.546. The van der Waals surface area contributed by atoms with Crippen LogP contribution in [0.2, 0.25) is 0 Å². The molecule has 22 heavy (non-hydrogen) atoms. The lowest BCUT2D eigenvalue weighted by atomic mass is 9.97. The summed E-state index contributed by atoms with van der Waals surface area (Å²) in [6.07, 6.45) is -4.44. The Kier molecular flexibility index (Phi) is 4.87. The molecule has 0 radical (unpaired) electrons. The maximum absolute atomic E-state index is 12.7. The van der Waals surface area contributed by atoms with Crippen molar-refractivity contribution >= 4 is 17.3 Å². The summed E-state index contributed by atoms with van der Waals surface area (Å²) in [5.41, 5.74) is 0.915. The van der Waals surface area contributed by atoms with Crippen molar-refractivity contribution in [1.82, 2.24) is 0 Å². The van der Waals surface area contributed by atoms with Gasteiger partial charge in [0.05, 0.1) is 12.2 Å². The highest BCUT2D eigenvalue weighted by Crippen LogP contribution is 2.38. The highest BCUT2D eigenvalue weighted by molar-refractivity contribution is 7.10. The van der Waals surface area contributed by atoms with E-state index in [4.69, 9.17) is 4.74 Å². The van der Waals surface area contributed by atoms with Gasteiger partial charge in [-0.15, -0.1) is 11.3 Å². The van der Waals surface area contributed by atoms with Crippen molar-refractivity contribution in [1.29, 1.82) is 0 Å². The smallest absolute Gasteiger partial charge is 0.425 e. The molecule has 118 valence electrons. The van der Waals surface area contributed by atoms with E-state index in [9.17, 15) is 23.1 Å². The monoisotopic (exact) mass is 330 g/mol. The number of benzene rings is 1. The highest BCUT2D eigenvalue weighted by atomic mass is 32.1. The van der Waals surface area contributed by atoms with Crippen molar-refractivity contribution in [2.24, 2.45) is 0 Å². The zero-order valence-corrected chi connectivity index (χ0v) is 12.4. The van der Waals surface area contributed by atoms with Crippen molar-refractivity contribution < 1.29 is 27.8 Å². The van der Waals surface area contributed by atoms with Crippen LogP contribution in [0.15, 0.2) is 29.6 Å². The quantitative estimate of drug-likeness (QED) is 0.866. The molecule has 0 bridgehead atoms. The molecule has 1 N–H and O–H groups in total. The Balaban J connectivity index is 2.50. The second kappa shape index (κ2) is 6.50. The molecule has 0 saturated carbocycles. The van der Waals surface area contributed by atoms with Crippen LogP contribution in [0.25, 0.3) is 11.1 Å². The summed E-state index contributed by atoms with van der Waals surface area (Å²) in [6, 6.07) is 5.68. The van der Waals surface area contributed by atoms with Gasteiger partial charge in [0.2, 0.25) is 0 Å². The fourth-order valence-electron chi connectivity index (χ4n) is 2.05. The molecule has 0 aliphatic carbocycles. The third-order valence-corrected chi connectivity index (χ3v) is 3.99. The van der Waals surface area contributed by atoms with E-state index in [-0.39, 0.29) is 23.3 Å². The Morgan fingerprint density at radius 3 is 2.64 bits per heavy atom. The Morgan fingerprint density at radius 1 is 1.36 bits per heavy atom. The number of rotatable bonds is 5. The minimum absolute atomic E-state index is 0.0255. The largest absolute Gasteiger partial charge is 0.478 e. The average Bonchev–Trinajstić information content (AvgIpc) is 2.94. The van der Waals surface area contributed by atoms with E-state index < -0.39 is 17.0 Å². The van der Waals surface area contributed by atoms with Crippen molar-refractivity contribution in [3.05, 3.63) is 45.6 Å². The second-order valence-corrected chi connectivity index (χ2v) is 5.39. The van der Waals surface area contributed by atoms with Gasteiger partial charge in [-0.05, 0) is 35.1 Å². The van der Waals surface area contributed by atoms with Crippen LogP contribution in [-0.2, 0) is 17.5 Å². The number of carbonyl (C=O) groups is 1. The zero-order chi connectivity index (χ0) is 16.3. The Hall–Kier alpha value is -1.86. The van der Waals surface area contributed by atoms with E-state index >= 15 is 0 Å². The van der Waals surface area contributed by atoms with Crippen LogP contribution in [0.1, 0.15) is 27.7 Å². The maximum atomic E-state index is 12.7. The first kappa shape index (κ1) is 16.5. The van der Waals surface area contributed by atoms with Gasteiger partial charge in [0.15, 0.2) is 0 Å². The molecular weight excluding hydrogens is 317 g/mol.